The molecule has 5 heterocycles. The highest BCUT2D eigenvalue weighted by Gasteiger charge is 2.62. The van der Waals surface area contributed by atoms with E-state index in [0.29, 0.717) is 4.88 Å². The number of alkyl halides is 6. The standard InChI is InChI=1S/C21H14F6N8O3S.C2H7N/c22-20(23,24)18-32-15(33-38-18)12-2-1-11(39-12)8-35(13-7-28-3-4-29-13)16-14(30-5-6-31-16)17(36)34-9-19(37,10-34)21(25,26)27;1-2-3/h1-7,37H,8-10H2;2-3H2,1H3. The number of anilines is 2. The zero-order valence-electron chi connectivity index (χ0n) is 21.5. The molecule has 0 bridgehead atoms. The number of likely N-dealkylation sites (tertiary alicyclic amines) is 1. The van der Waals surface area contributed by atoms with Crippen molar-refractivity contribution in [1.29, 1.82) is 0 Å². The van der Waals surface area contributed by atoms with Crippen LogP contribution in [-0.4, -0.2) is 77.4 Å². The van der Waals surface area contributed by atoms with E-state index < -0.39 is 42.8 Å². The fraction of sp³-hybridized carbons (Fsp3) is 0.348. The van der Waals surface area contributed by atoms with Crippen LogP contribution < -0.4 is 10.6 Å². The molecule has 0 unspecified atom stereocenters. The van der Waals surface area contributed by atoms with Gasteiger partial charge in [-0.3, -0.25) is 9.78 Å². The monoisotopic (exact) mass is 617 g/mol. The number of nitrogens with two attached hydrogens (primary N) is 1. The predicted molar refractivity (Wildman–Crippen MR) is 134 cm³/mol. The molecule has 3 N–H and O–H groups in total. The molecule has 0 saturated carbocycles. The van der Waals surface area contributed by atoms with Crippen molar-refractivity contribution in [2.24, 2.45) is 5.73 Å². The second kappa shape index (κ2) is 11.9. The number of nitrogens with zero attached hydrogens (tertiary/aromatic N) is 8. The minimum absolute atomic E-state index is 0.0429. The number of hydrogen-bond donors (Lipinski definition) is 2. The van der Waals surface area contributed by atoms with Crippen LogP contribution >= 0.6 is 11.3 Å². The molecule has 5 rings (SSSR count). The molecule has 1 fully saturated rings. The molecule has 1 amide bonds. The van der Waals surface area contributed by atoms with Crippen molar-refractivity contribution < 1.29 is 40.8 Å². The SMILES string of the molecule is CCN.O=C(c1nccnc1N(Cc1ccc(-c2noc(C(F)(F)F)n2)s1)c1cnccn1)N1CC(O)(C(F)(F)F)C1. The number of halogens is 6. The molecule has 19 heteroatoms. The molecule has 1 aliphatic rings. The Morgan fingerprint density at radius 2 is 1.79 bits per heavy atom. The van der Waals surface area contributed by atoms with Gasteiger partial charge in [-0.05, 0) is 18.7 Å². The summed E-state index contributed by atoms with van der Waals surface area (Å²) in [7, 11) is 0. The first-order valence-electron chi connectivity index (χ1n) is 11.9. The summed E-state index contributed by atoms with van der Waals surface area (Å²) in [6.07, 6.45) is -3.20. The Balaban J connectivity index is 0.00000129. The van der Waals surface area contributed by atoms with Crippen LogP contribution in [0.1, 0.15) is 28.2 Å². The van der Waals surface area contributed by atoms with Gasteiger partial charge in [-0.2, -0.15) is 31.3 Å². The fourth-order valence-corrected chi connectivity index (χ4v) is 4.53. The van der Waals surface area contributed by atoms with Gasteiger partial charge in [0.2, 0.25) is 5.82 Å². The van der Waals surface area contributed by atoms with Gasteiger partial charge >= 0.3 is 18.2 Å². The zero-order valence-corrected chi connectivity index (χ0v) is 22.3. The largest absolute Gasteiger partial charge is 0.471 e. The summed E-state index contributed by atoms with van der Waals surface area (Å²) in [6.45, 7) is 0.656. The number of aromatic nitrogens is 6. The number of carbonyl (C=O) groups excluding carboxylic acids is 1. The first kappa shape index (κ1) is 30.7. The fourth-order valence-electron chi connectivity index (χ4n) is 3.61. The number of carbonyl (C=O) groups is 1. The number of rotatable bonds is 6. The Hall–Kier alpha value is -4.23. The van der Waals surface area contributed by atoms with Crippen molar-refractivity contribution in [3.05, 3.63) is 59.6 Å². The highest BCUT2D eigenvalue weighted by Crippen LogP contribution is 2.39. The lowest BCUT2D eigenvalue weighted by Gasteiger charge is -2.46. The minimum Gasteiger partial charge on any atom is -0.378 e. The van der Waals surface area contributed by atoms with E-state index in [1.807, 2.05) is 6.92 Å². The third kappa shape index (κ3) is 6.47. The van der Waals surface area contributed by atoms with Crippen molar-refractivity contribution in [2.45, 2.75) is 31.4 Å². The highest BCUT2D eigenvalue weighted by atomic mass is 32.1. The third-order valence-corrected chi connectivity index (χ3v) is 6.61. The summed E-state index contributed by atoms with van der Waals surface area (Å²) in [6, 6.07) is 3.05. The van der Waals surface area contributed by atoms with Crippen molar-refractivity contribution in [3.63, 3.8) is 0 Å². The number of thiophene rings is 1. The molecule has 0 radical (unpaired) electrons. The van der Waals surface area contributed by atoms with Gasteiger partial charge in [0.05, 0.1) is 30.7 Å². The zero-order chi connectivity index (χ0) is 30.7. The van der Waals surface area contributed by atoms with Crippen LogP contribution in [-0.2, 0) is 12.7 Å². The quantitative estimate of drug-likeness (QED) is 0.305. The van der Waals surface area contributed by atoms with Crippen LogP contribution in [0.5, 0.6) is 0 Å². The summed E-state index contributed by atoms with van der Waals surface area (Å²) in [5.41, 5.74) is 1.52. The molecule has 4 aromatic rings. The van der Waals surface area contributed by atoms with Crippen LogP contribution in [0.4, 0.5) is 38.0 Å². The van der Waals surface area contributed by atoms with Gasteiger partial charge < -0.3 is 25.2 Å². The number of β-amino-alcohol motifs (C(OH)–C–C–N with tert-alkyl or cyclic N) is 1. The van der Waals surface area contributed by atoms with E-state index in [0.717, 1.165) is 22.8 Å². The summed E-state index contributed by atoms with van der Waals surface area (Å²) in [5.74, 6) is -2.57. The van der Waals surface area contributed by atoms with Crippen molar-refractivity contribution in [3.8, 4) is 10.7 Å². The summed E-state index contributed by atoms with van der Waals surface area (Å²) < 4.78 is 82.0. The lowest BCUT2D eigenvalue weighted by atomic mass is 9.93. The molecule has 4 aromatic heterocycles. The van der Waals surface area contributed by atoms with E-state index in [-0.39, 0.29) is 34.6 Å². The van der Waals surface area contributed by atoms with Gasteiger partial charge in [0.25, 0.3) is 5.91 Å². The molecule has 1 saturated heterocycles. The first-order valence-corrected chi connectivity index (χ1v) is 12.7. The Morgan fingerprint density at radius 3 is 2.38 bits per heavy atom. The maximum atomic E-state index is 13.1. The van der Waals surface area contributed by atoms with Gasteiger partial charge in [0.1, 0.15) is 0 Å². The van der Waals surface area contributed by atoms with Crippen LogP contribution in [0.25, 0.3) is 10.7 Å². The molecule has 0 aliphatic carbocycles. The maximum absolute atomic E-state index is 13.1. The van der Waals surface area contributed by atoms with E-state index in [9.17, 15) is 36.2 Å². The van der Waals surface area contributed by atoms with E-state index in [2.05, 4.69) is 34.6 Å². The molecule has 1 aliphatic heterocycles. The minimum atomic E-state index is -4.92. The van der Waals surface area contributed by atoms with Crippen LogP contribution in [0, 0.1) is 0 Å². The molecule has 42 heavy (non-hydrogen) atoms. The first-order chi connectivity index (χ1) is 19.8. The number of hydrogen-bond acceptors (Lipinski definition) is 12. The van der Waals surface area contributed by atoms with Crippen molar-refractivity contribution in [2.75, 3.05) is 24.5 Å². The topological polar surface area (TPSA) is 160 Å². The molecule has 0 spiro atoms. The normalized spacial score (nSPS) is 14.5. The third-order valence-electron chi connectivity index (χ3n) is 5.55. The van der Waals surface area contributed by atoms with Crippen LogP contribution in [0.3, 0.4) is 0 Å². The van der Waals surface area contributed by atoms with E-state index >= 15 is 0 Å². The smallest absolute Gasteiger partial charge is 0.378 e. The highest BCUT2D eigenvalue weighted by molar-refractivity contribution is 7.15. The van der Waals surface area contributed by atoms with E-state index in [1.54, 1.807) is 6.07 Å². The Morgan fingerprint density at radius 1 is 1.12 bits per heavy atom. The Kier molecular flexibility index (Phi) is 8.73. The Bertz CT molecular complexity index is 1510. The van der Waals surface area contributed by atoms with Crippen molar-refractivity contribution >= 4 is 28.9 Å². The maximum Gasteiger partial charge on any atom is 0.471 e. The van der Waals surface area contributed by atoms with Gasteiger partial charge in [-0.1, -0.05) is 12.1 Å². The summed E-state index contributed by atoms with van der Waals surface area (Å²) >= 11 is 1.02. The van der Waals surface area contributed by atoms with Gasteiger partial charge in [-0.15, -0.1) is 11.3 Å². The second-order valence-corrected chi connectivity index (χ2v) is 9.83. The summed E-state index contributed by atoms with van der Waals surface area (Å²) in [5, 5.41) is 13.1. The lowest BCUT2D eigenvalue weighted by molar-refractivity contribution is -0.294. The predicted octanol–water partition coefficient (Wildman–Crippen LogP) is 3.45. The van der Waals surface area contributed by atoms with Crippen LogP contribution in [0.2, 0.25) is 0 Å². The molecular weight excluding hydrogens is 596 g/mol. The average molecular weight is 618 g/mol. The molecule has 12 nitrogen and oxygen atoms in total. The molecule has 224 valence electrons. The number of amides is 1. The van der Waals surface area contributed by atoms with Gasteiger partial charge in [0, 0.05) is 29.7 Å². The molecular formula is C23H21F6N9O3S. The summed E-state index contributed by atoms with van der Waals surface area (Å²) in [4.78, 5) is 35.8. The lowest BCUT2D eigenvalue weighted by Crippen LogP contribution is -2.70. The molecule has 0 aromatic carbocycles. The second-order valence-electron chi connectivity index (χ2n) is 8.66. The molecule has 0 atom stereocenters. The number of aliphatic hydroxyl groups is 1. The van der Waals surface area contributed by atoms with Gasteiger partial charge in [-0.25, -0.2) is 15.0 Å². The van der Waals surface area contributed by atoms with E-state index in [4.69, 9.17) is 5.73 Å². The van der Waals surface area contributed by atoms with Crippen molar-refractivity contribution in [1.82, 2.24) is 35.0 Å². The van der Waals surface area contributed by atoms with E-state index in [1.165, 1.54) is 42.0 Å². The Labute approximate surface area is 236 Å². The average Bonchev–Trinajstić information content (AvgIpc) is 3.60. The van der Waals surface area contributed by atoms with Gasteiger partial charge in [0.15, 0.2) is 22.9 Å². The van der Waals surface area contributed by atoms with Crippen LogP contribution in [0.15, 0.2) is 47.6 Å².